The number of pyridine rings is 1. The van der Waals surface area contributed by atoms with Crippen LogP contribution in [0.25, 0.3) is 11.0 Å². The summed E-state index contributed by atoms with van der Waals surface area (Å²) in [5.41, 5.74) is 3.74. The molecular weight excluding hydrogens is 264 g/mol. The predicted octanol–water partition coefficient (Wildman–Crippen LogP) is 2.68. The summed E-state index contributed by atoms with van der Waals surface area (Å²) in [6, 6.07) is 5.90. The van der Waals surface area contributed by atoms with Crippen molar-refractivity contribution in [3.05, 3.63) is 47.5 Å². The molecule has 108 valence electrons. The molecule has 5 nitrogen and oxygen atoms in total. The molecule has 0 saturated carbocycles. The van der Waals surface area contributed by atoms with Crippen LogP contribution in [0.5, 0.6) is 0 Å². The molecule has 0 fully saturated rings. The first-order valence-corrected chi connectivity index (χ1v) is 7.21. The number of aldehydes is 1. The van der Waals surface area contributed by atoms with E-state index in [0.29, 0.717) is 12.1 Å². The number of rotatable bonds is 5. The van der Waals surface area contributed by atoms with E-state index in [1.54, 1.807) is 6.20 Å². The van der Waals surface area contributed by atoms with E-state index in [1.165, 1.54) is 0 Å². The molecule has 0 atom stereocenters. The summed E-state index contributed by atoms with van der Waals surface area (Å²) in [6.45, 7) is 5.69. The molecule has 0 spiro atoms. The van der Waals surface area contributed by atoms with E-state index in [1.807, 2.05) is 27.6 Å². The normalized spacial score (nSPS) is 11.1. The Balaban J connectivity index is 2.06. The van der Waals surface area contributed by atoms with Crippen LogP contribution in [0, 0.1) is 0 Å². The molecule has 21 heavy (non-hydrogen) atoms. The lowest BCUT2D eigenvalue weighted by atomic mass is 10.2. The Bertz CT molecular complexity index is 785. The second-order valence-electron chi connectivity index (χ2n) is 5.00. The van der Waals surface area contributed by atoms with Crippen LogP contribution in [0.15, 0.2) is 30.6 Å². The molecule has 3 aromatic heterocycles. The van der Waals surface area contributed by atoms with Crippen LogP contribution in [0.2, 0.25) is 0 Å². The van der Waals surface area contributed by atoms with Crippen LogP contribution in [0.1, 0.15) is 35.6 Å². The highest BCUT2D eigenvalue weighted by Crippen LogP contribution is 2.19. The van der Waals surface area contributed by atoms with Gasteiger partial charge in [0.1, 0.15) is 5.65 Å². The maximum atomic E-state index is 11.2. The van der Waals surface area contributed by atoms with Crippen molar-refractivity contribution in [1.29, 1.82) is 0 Å². The molecule has 0 aliphatic rings. The quantitative estimate of drug-likeness (QED) is 0.676. The summed E-state index contributed by atoms with van der Waals surface area (Å²) < 4.78 is 4.02. The number of carbonyl (C=O) groups excluding carboxylic acids is 1. The van der Waals surface area contributed by atoms with Gasteiger partial charge in [0.2, 0.25) is 0 Å². The van der Waals surface area contributed by atoms with Crippen molar-refractivity contribution in [3.63, 3.8) is 0 Å². The first-order chi connectivity index (χ1) is 10.3. The standard InChI is InChI=1S/C16H18N4O/c1-3-13-8-14(20(4-2)18-13)10-19-9-12(11-21)15-6-5-7-17-16(15)19/h5-9,11H,3-4,10H2,1-2H3. The van der Waals surface area contributed by atoms with Gasteiger partial charge < -0.3 is 4.57 Å². The van der Waals surface area contributed by atoms with Crippen LogP contribution < -0.4 is 0 Å². The number of hydrogen-bond donors (Lipinski definition) is 0. The number of fused-ring (bicyclic) bond motifs is 1. The molecule has 0 saturated heterocycles. The van der Waals surface area contributed by atoms with Crippen molar-refractivity contribution in [2.75, 3.05) is 0 Å². The summed E-state index contributed by atoms with van der Waals surface area (Å²) in [5.74, 6) is 0. The SMILES string of the molecule is CCc1cc(Cn2cc(C=O)c3cccnc32)n(CC)n1. The maximum absolute atomic E-state index is 11.2. The van der Waals surface area contributed by atoms with Crippen molar-refractivity contribution < 1.29 is 4.79 Å². The summed E-state index contributed by atoms with van der Waals surface area (Å²) in [5, 5.41) is 5.46. The third-order valence-corrected chi connectivity index (χ3v) is 3.70. The van der Waals surface area contributed by atoms with Crippen LogP contribution in [-0.4, -0.2) is 25.6 Å². The maximum Gasteiger partial charge on any atom is 0.152 e. The molecule has 0 N–H and O–H groups in total. The molecule has 0 unspecified atom stereocenters. The van der Waals surface area contributed by atoms with Gasteiger partial charge in [0, 0.05) is 29.9 Å². The number of hydrogen-bond acceptors (Lipinski definition) is 3. The first kappa shape index (κ1) is 13.5. The highest BCUT2D eigenvalue weighted by Gasteiger charge is 2.12. The van der Waals surface area contributed by atoms with Gasteiger partial charge in [-0.25, -0.2) is 4.98 Å². The highest BCUT2D eigenvalue weighted by atomic mass is 16.1. The van der Waals surface area contributed by atoms with E-state index in [0.717, 1.165) is 41.7 Å². The largest absolute Gasteiger partial charge is 0.326 e. The van der Waals surface area contributed by atoms with E-state index < -0.39 is 0 Å². The van der Waals surface area contributed by atoms with Crippen LogP contribution in [-0.2, 0) is 19.5 Å². The Labute approximate surface area is 123 Å². The van der Waals surface area contributed by atoms with Crippen molar-refractivity contribution in [2.45, 2.75) is 33.4 Å². The third kappa shape index (κ3) is 2.35. The zero-order valence-electron chi connectivity index (χ0n) is 12.3. The van der Waals surface area contributed by atoms with Crippen LogP contribution >= 0.6 is 0 Å². The Kier molecular flexibility index (Phi) is 3.56. The van der Waals surface area contributed by atoms with Gasteiger partial charge in [-0.2, -0.15) is 5.10 Å². The number of aromatic nitrogens is 4. The minimum Gasteiger partial charge on any atom is -0.326 e. The molecule has 3 rings (SSSR count). The molecule has 5 heteroatoms. The summed E-state index contributed by atoms with van der Waals surface area (Å²) in [6.07, 6.45) is 5.42. The molecule has 3 aromatic rings. The van der Waals surface area contributed by atoms with Crippen molar-refractivity contribution in [1.82, 2.24) is 19.3 Å². The number of aryl methyl sites for hydroxylation is 2. The van der Waals surface area contributed by atoms with Gasteiger partial charge >= 0.3 is 0 Å². The average molecular weight is 282 g/mol. The molecule has 0 aliphatic heterocycles. The molecule has 0 aliphatic carbocycles. The fraction of sp³-hybridized carbons (Fsp3) is 0.312. The van der Waals surface area contributed by atoms with Crippen LogP contribution in [0.3, 0.4) is 0 Å². The van der Waals surface area contributed by atoms with Gasteiger partial charge in [-0.1, -0.05) is 6.92 Å². The van der Waals surface area contributed by atoms with E-state index >= 15 is 0 Å². The fourth-order valence-corrected chi connectivity index (χ4v) is 2.63. The molecular formula is C16H18N4O. The first-order valence-electron chi connectivity index (χ1n) is 7.21. The molecule has 0 radical (unpaired) electrons. The van der Waals surface area contributed by atoms with Crippen molar-refractivity contribution in [2.24, 2.45) is 0 Å². The molecule has 0 aromatic carbocycles. The predicted molar refractivity (Wildman–Crippen MR) is 81.5 cm³/mol. The van der Waals surface area contributed by atoms with E-state index in [-0.39, 0.29) is 0 Å². The van der Waals surface area contributed by atoms with Crippen molar-refractivity contribution in [3.8, 4) is 0 Å². The second-order valence-corrected chi connectivity index (χ2v) is 5.00. The lowest BCUT2D eigenvalue weighted by molar-refractivity contribution is 0.112. The van der Waals surface area contributed by atoms with Gasteiger partial charge in [-0.15, -0.1) is 0 Å². The monoisotopic (exact) mass is 282 g/mol. The Hall–Kier alpha value is -2.43. The third-order valence-electron chi connectivity index (χ3n) is 3.70. The van der Waals surface area contributed by atoms with Gasteiger partial charge in [0.05, 0.1) is 17.9 Å². The second kappa shape index (κ2) is 5.52. The van der Waals surface area contributed by atoms with Crippen molar-refractivity contribution >= 4 is 17.3 Å². The smallest absolute Gasteiger partial charge is 0.152 e. The summed E-state index contributed by atoms with van der Waals surface area (Å²) >= 11 is 0. The molecule has 0 amide bonds. The Morgan fingerprint density at radius 3 is 2.90 bits per heavy atom. The zero-order chi connectivity index (χ0) is 14.8. The zero-order valence-corrected chi connectivity index (χ0v) is 12.3. The number of nitrogens with zero attached hydrogens (tertiary/aromatic N) is 4. The van der Waals surface area contributed by atoms with Gasteiger partial charge in [-0.3, -0.25) is 9.48 Å². The Morgan fingerprint density at radius 1 is 1.33 bits per heavy atom. The lowest BCUT2D eigenvalue weighted by Gasteiger charge is -2.06. The summed E-state index contributed by atoms with van der Waals surface area (Å²) in [7, 11) is 0. The van der Waals surface area contributed by atoms with Gasteiger partial charge in [0.25, 0.3) is 0 Å². The molecule has 3 heterocycles. The molecule has 0 bridgehead atoms. The highest BCUT2D eigenvalue weighted by molar-refractivity contribution is 5.95. The van der Waals surface area contributed by atoms with E-state index in [2.05, 4.69) is 30.0 Å². The minimum absolute atomic E-state index is 0.669. The van der Waals surface area contributed by atoms with Gasteiger partial charge in [0.15, 0.2) is 6.29 Å². The number of carbonyl (C=O) groups is 1. The average Bonchev–Trinajstić information content (AvgIpc) is 3.09. The minimum atomic E-state index is 0.669. The van der Waals surface area contributed by atoms with E-state index in [4.69, 9.17) is 0 Å². The Morgan fingerprint density at radius 2 is 2.19 bits per heavy atom. The van der Waals surface area contributed by atoms with Gasteiger partial charge in [-0.05, 0) is 31.5 Å². The lowest BCUT2D eigenvalue weighted by Crippen LogP contribution is -2.07. The van der Waals surface area contributed by atoms with Crippen LogP contribution in [0.4, 0.5) is 0 Å². The summed E-state index contributed by atoms with van der Waals surface area (Å²) in [4.78, 5) is 15.6. The van der Waals surface area contributed by atoms with E-state index in [9.17, 15) is 4.79 Å². The fourth-order valence-electron chi connectivity index (χ4n) is 2.63. The topological polar surface area (TPSA) is 52.7 Å².